The molecular weight excluding hydrogens is 372 g/mol. The Morgan fingerprint density at radius 1 is 1.10 bits per heavy atom. The smallest absolute Gasteiger partial charge is 0.414 e. The topological polar surface area (TPSA) is 92.9 Å². The van der Waals surface area contributed by atoms with Crippen LogP contribution in [0.4, 0.5) is 16.3 Å². The first-order valence-corrected chi connectivity index (χ1v) is 9.55. The van der Waals surface area contributed by atoms with Crippen LogP contribution >= 0.6 is 0 Å². The highest BCUT2D eigenvalue weighted by Gasteiger charge is 2.27. The lowest BCUT2D eigenvalue weighted by Gasteiger charge is -2.31. The first-order valence-electron chi connectivity index (χ1n) is 9.55. The number of fused-ring (bicyclic) bond motifs is 2. The van der Waals surface area contributed by atoms with E-state index in [2.05, 4.69) is 20.0 Å². The number of carbonyl (C=O) groups excluding carboxylic acids is 1. The van der Waals surface area contributed by atoms with Gasteiger partial charge in [0.05, 0.1) is 18.4 Å². The minimum Gasteiger partial charge on any atom is -0.447 e. The molecule has 9 nitrogen and oxygen atoms in total. The summed E-state index contributed by atoms with van der Waals surface area (Å²) in [5, 5.41) is 4.61. The number of hydrogen-bond donors (Lipinski definition) is 0. The van der Waals surface area contributed by atoms with Crippen molar-refractivity contribution >= 4 is 23.2 Å². The van der Waals surface area contributed by atoms with Crippen molar-refractivity contribution in [3.05, 3.63) is 57.3 Å². The van der Waals surface area contributed by atoms with Crippen molar-refractivity contribution in [2.24, 2.45) is 0 Å². The molecule has 0 atom stereocenters. The van der Waals surface area contributed by atoms with Crippen LogP contribution in [0.15, 0.2) is 29.3 Å². The summed E-state index contributed by atoms with van der Waals surface area (Å²) >= 11 is 0. The molecule has 0 saturated carbocycles. The number of pyridine rings is 1. The van der Waals surface area contributed by atoms with Gasteiger partial charge in [-0.3, -0.25) is 14.7 Å². The Hall–Kier alpha value is -3.49. The zero-order valence-corrected chi connectivity index (χ0v) is 16.3. The molecule has 2 aliphatic rings. The summed E-state index contributed by atoms with van der Waals surface area (Å²) in [4.78, 5) is 36.8. The van der Waals surface area contributed by atoms with Crippen molar-refractivity contribution in [2.45, 2.75) is 26.8 Å². The molecule has 1 amide bonds. The highest BCUT2D eigenvalue weighted by molar-refractivity contribution is 5.89. The predicted octanol–water partition coefficient (Wildman–Crippen LogP) is 1.62. The molecule has 0 aliphatic carbocycles. The predicted molar refractivity (Wildman–Crippen MR) is 106 cm³/mol. The normalized spacial score (nSPS) is 16.3. The van der Waals surface area contributed by atoms with E-state index in [1.807, 2.05) is 19.9 Å². The Kier molecular flexibility index (Phi) is 3.97. The molecule has 0 aromatic carbocycles. The third-order valence-electron chi connectivity index (χ3n) is 5.65. The molecule has 3 aromatic rings. The molecule has 2 aliphatic heterocycles. The molecule has 0 unspecified atom stereocenters. The molecule has 9 heteroatoms. The van der Waals surface area contributed by atoms with E-state index in [-0.39, 0.29) is 11.7 Å². The standard InChI is InChI=1S/C20H20N6O3/c1-12-13(2)19(23-26-17(27)3-5-21-18(12)26)24-6-4-16-14(11-24)9-15(10-22-16)25-7-8-29-20(25)28/h3,5,9-10H,4,6-8,11H2,1-2H3. The van der Waals surface area contributed by atoms with Gasteiger partial charge >= 0.3 is 6.09 Å². The van der Waals surface area contributed by atoms with Gasteiger partial charge in [-0.15, -0.1) is 5.10 Å². The molecule has 5 rings (SSSR count). The zero-order chi connectivity index (χ0) is 20.1. The summed E-state index contributed by atoms with van der Waals surface area (Å²) in [6.45, 7) is 6.24. The highest BCUT2D eigenvalue weighted by atomic mass is 16.6. The van der Waals surface area contributed by atoms with Gasteiger partial charge in [0.2, 0.25) is 0 Å². The molecule has 0 N–H and O–H groups in total. The monoisotopic (exact) mass is 392 g/mol. The van der Waals surface area contributed by atoms with Gasteiger partial charge < -0.3 is 9.64 Å². The number of anilines is 2. The van der Waals surface area contributed by atoms with Gasteiger partial charge in [0.15, 0.2) is 11.5 Å². The van der Waals surface area contributed by atoms with E-state index in [0.29, 0.717) is 25.3 Å². The average molecular weight is 392 g/mol. The maximum atomic E-state index is 12.3. The largest absolute Gasteiger partial charge is 0.447 e. The van der Waals surface area contributed by atoms with Gasteiger partial charge in [0.1, 0.15) is 6.61 Å². The number of aryl methyl sites for hydroxylation is 1. The number of cyclic esters (lactones) is 1. The van der Waals surface area contributed by atoms with Crippen LogP contribution in [0.5, 0.6) is 0 Å². The quantitative estimate of drug-likeness (QED) is 0.654. The number of rotatable bonds is 2. The Labute approximate surface area is 166 Å². The maximum absolute atomic E-state index is 12.3. The molecular formula is C20H20N6O3. The highest BCUT2D eigenvalue weighted by Crippen LogP contribution is 2.29. The van der Waals surface area contributed by atoms with Crippen LogP contribution in [-0.2, 0) is 17.7 Å². The van der Waals surface area contributed by atoms with Crippen molar-refractivity contribution in [1.82, 2.24) is 19.6 Å². The summed E-state index contributed by atoms with van der Waals surface area (Å²) in [7, 11) is 0. The van der Waals surface area contributed by atoms with Gasteiger partial charge in [-0.25, -0.2) is 9.78 Å². The maximum Gasteiger partial charge on any atom is 0.414 e. The van der Waals surface area contributed by atoms with E-state index in [1.165, 1.54) is 16.8 Å². The van der Waals surface area contributed by atoms with Crippen LogP contribution in [-0.4, -0.2) is 45.4 Å². The van der Waals surface area contributed by atoms with E-state index in [9.17, 15) is 9.59 Å². The molecule has 1 fully saturated rings. The fourth-order valence-corrected chi connectivity index (χ4v) is 3.93. The van der Waals surface area contributed by atoms with Crippen LogP contribution in [0.2, 0.25) is 0 Å². The third kappa shape index (κ3) is 2.81. The van der Waals surface area contributed by atoms with Crippen molar-refractivity contribution in [2.75, 3.05) is 29.5 Å². The Morgan fingerprint density at radius 2 is 1.97 bits per heavy atom. The van der Waals surface area contributed by atoms with Gasteiger partial charge in [-0.2, -0.15) is 4.52 Å². The van der Waals surface area contributed by atoms with Crippen LogP contribution in [0, 0.1) is 13.8 Å². The number of amides is 1. The molecule has 0 radical (unpaired) electrons. The van der Waals surface area contributed by atoms with Gasteiger partial charge in [-0.1, -0.05) is 0 Å². The summed E-state index contributed by atoms with van der Waals surface area (Å²) in [6, 6.07) is 3.41. The first kappa shape index (κ1) is 17.6. The van der Waals surface area contributed by atoms with E-state index in [1.54, 1.807) is 11.1 Å². The van der Waals surface area contributed by atoms with E-state index >= 15 is 0 Å². The number of ether oxygens (including phenoxy) is 1. The number of carbonyl (C=O) groups is 1. The minimum absolute atomic E-state index is 0.201. The van der Waals surface area contributed by atoms with E-state index in [4.69, 9.17) is 4.74 Å². The number of hydrogen-bond acceptors (Lipinski definition) is 7. The molecule has 1 saturated heterocycles. The number of aromatic nitrogens is 4. The van der Waals surface area contributed by atoms with Crippen molar-refractivity contribution in [3.8, 4) is 0 Å². The fourth-order valence-electron chi connectivity index (χ4n) is 3.93. The summed E-state index contributed by atoms with van der Waals surface area (Å²) < 4.78 is 6.40. The van der Waals surface area contributed by atoms with E-state index in [0.717, 1.165) is 46.9 Å². The van der Waals surface area contributed by atoms with Crippen LogP contribution in [0.3, 0.4) is 0 Å². The van der Waals surface area contributed by atoms with Gasteiger partial charge in [0, 0.05) is 48.6 Å². The van der Waals surface area contributed by atoms with Gasteiger partial charge in [-0.05, 0) is 25.5 Å². The second kappa shape index (κ2) is 6.54. The van der Waals surface area contributed by atoms with Crippen molar-refractivity contribution in [1.29, 1.82) is 0 Å². The summed E-state index contributed by atoms with van der Waals surface area (Å²) in [5.41, 5.74) is 5.12. The summed E-state index contributed by atoms with van der Waals surface area (Å²) in [6.07, 6.45) is 3.67. The molecule has 3 aromatic heterocycles. The first-order chi connectivity index (χ1) is 14.0. The number of nitrogens with zero attached hydrogens (tertiary/aromatic N) is 6. The van der Waals surface area contributed by atoms with Crippen LogP contribution in [0.1, 0.15) is 22.4 Å². The molecule has 148 valence electrons. The third-order valence-corrected chi connectivity index (χ3v) is 5.65. The second-order valence-electron chi connectivity index (χ2n) is 7.33. The summed E-state index contributed by atoms with van der Waals surface area (Å²) in [5.74, 6) is 0.765. The zero-order valence-electron chi connectivity index (χ0n) is 16.3. The lowest BCUT2D eigenvalue weighted by atomic mass is 10.0. The molecule has 0 bridgehead atoms. The van der Waals surface area contributed by atoms with Crippen LogP contribution in [0.25, 0.3) is 5.65 Å². The fraction of sp³-hybridized carbons (Fsp3) is 0.350. The Balaban J connectivity index is 1.54. The minimum atomic E-state index is -0.339. The Morgan fingerprint density at radius 3 is 2.76 bits per heavy atom. The van der Waals surface area contributed by atoms with E-state index < -0.39 is 0 Å². The van der Waals surface area contributed by atoms with Crippen LogP contribution < -0.4 is 15.4 Å². The lowest BCUT2D eigenvalue weighted by molar-refractivity contribution is 0.181. The van der Waals surface area contributed by atoms with Crippen molar-refractivity contribution in [3.63, 3.8) is 0 Å². The van der Waals surface area contributed by atoms with Crippen molar-refractivity contribution < 1.29 is 9.53 Å². The molecule has 0 spiro atoms. The second-order valence-corrected chi connectivity index (χ2v) is 7.33. The lowest BCUT2D eigenvalue weighted by Crippen LogP contribution is -2.34. The molecule has 29 heavy (non-hydrogen) atoms. The average Bonchev–Trinajstić information content (AvgIpc) is 3.16. The Bertz CT molecular complexity index is 1200. The molecule has 5 heterocycles. The SMILES string of the molecule is Cc1c(N2CCc3ncc(N4CCOC4=O)cc3C2)nn2c(=O)ccnc2c1C. The van der Waals surface area contributed by atoms with Gasteiger partial charge in [0.25, 0.3) is 5.56 Å².